The fourth-order valence-electron chi connectivity index (χ4n) is 2.01. The SMILES string of the molecule is CC(=O)c1c(CCl)n(C)c2cc(F)ccc12. The number of ketones is 1. The van der Waals surface area contributed by atoms with Crippen molar-refractivity contribution in [2.75, 3.05) is 0 Å². The summed E-state index contributed by atoms with van der Waals surface area (Å²) in [5.41, 5.74) is 2.02. The smallest absolute Gasteiger partial charge is 0.162 e. The molecule has 16 heavy (non-hydrogen) atoms. The minimum atomic E-state index is -0.315. The van der Waals surface area contributed by atoms with E-state index in [1.807, 2.05) is 0 Å². The maximum absolute atomic E-state index is 13.1. The molecule has 2 rings (SSSR count). The zero-order valence-corrected chi connectivity index (χ0v) is 9.81. The standard InChI is InChI=1S/C12H11ClFNO/c1-7(16)12-9-4-3-8(14)5-10(9)15(2)11(12)6-13/h3-5H,6H2,1-2H3. The van der Waals surface area contributed by atoms with Gasteiger partial charge in [0, 0.05) is 23.7 Å². The van der Waals surface area contributed by atoms with Gasteiger partial charge in [0.15, 0.2) is 5.78 Å². The second kappa shape index (κ2) is 3.91. The average molecular weight is 240 g/mol. The van der Waals surface area contributed by atoms with Gasteiger partial charge in [-0.2, -0.15) is 0 Å². The van der Waals surface area contributed by atoms with E-state index < -0.39 is 0 Å². The van der Waals surface area contributed by atoms with Crippen LogP contribution in [-0.2, 0) is 12.9 Å². The van der Waals surface area contributed by atoms with Crippen LogP contribution in [0, 0.1) is 5.82 Å². The summed E-state index contributed by atoms with van der Waals surface area (Å²) in [4.78, 5) is 11.6. The number of carbonyl (C=O) groups excluding carboxylic acids is 1. The number of hydrogen-bond acceptors (Lipinski definition) is 1. The molecule has 0 amide bonds. The Labute approximate surface area is 97.6 Å². The van der Waals surface area contributed by atoms with Gasteiger partial charge in [-0.3, -0.25) is 4.79 Å². The highest BCUT2D eigenvalue weighted by Crippen LogP contribution is 2.27. The summed E-state index contributed by atoms with van der Waals surface area (Å²) in [5.74, 6) is -0.126. The van der Waals surface area contributed by atoms with Crippen LogP contribution in [0.2, 0.25) is 0 Å². The second-order valence-electron chi connectivity index (χ2n) is 3.73. The monoisotopic (exact) mass is 239 g/mol. The van der Waals surface area contributed by atoms with Gasteiger partial charge in [-0.05, 0) is 25.1 Å². The molecule has 2 nitrogen and oxygen atoms in total. The first-order valence-corrected chi connectivity index (χ1v) is 5.43. The molecule has 0 N–H and O–H groups in total. The molecule has 0 saturated carbocycles. The summed E-state index contributed by atoms with van der Waals surface area (Å²) in [5, 5.41) is 0.757. The Balaban J connectivity index is 2.91. The zero-order valence-electron chi connectivity index (χ0n) is 9.05. The minimum Gasteiger partial charge on any atom is -0.346 e. The number of carbonyl (C=O) groups is 1. The van der Waals surface area contributed by atoms with Crippen molar-refractivity contribution in [3.05, 3.63) is 35.3 Å². The van der Waals surface area contributed by atoms with E-state index in [0.29, 0.717) is 11.1 Å². The molecule has 0 atom stereocenters. The van der Waals surface area contributed by atoms with E-state index in [9.17, 15) is 9.18 Å². The first-order valence-electron chi connectivity index (χ1n) is 4.90. The van der Waals surface area contributed by atoms with Crippen molar-refractivity contribution in [2.24, 2.45) is 7.05 Å². The average Bonchev–Trinajstić information content (AvgIpc) is 2.51. The highest BCUT2D eigenvalue weighted by Gasteiger charge is 2.17. The fourth-order valence-corrected chi connectivity index (χ4v) is 2.32. The molecule has 0 radical (unpaired) electrons. The lowest BCUT2D eigenvalue weighted by Crippen LogP contribution is -1.99. The van der Waals surface area contributed by atoms with Gasteiger partial charge in [0.05, 0.1) is 11.4 Å². The molecular weight excluding hydrogens is 229 g/mol. The molecule has 1 heterocycles. The van der Waals surface area contributed by atoms with Crippen molar-refractivity contribution in [1.82, 2.24) is 4.57 Å². The van der Waals surface area contributed by atoms with Gasteiger partial charge in [-0.1, -0.05) is 0 Å². The number of hydrogen-bond donors (Lipinski definition) is 0. The number of fused-ring (bicyclic) bond motifs is 1. The van der Waals surface area contributed by atoms with E-state index in [1.54, 1.807) is 17.7 Å². The Bertz CT molecular complexity index is 574. The van der Waals surface area contributed by atoms with Crippen LogP contribution in [-0.4, -0.2) is 10.4 Å². The Morgan fingerprint density at radius 2 is 2.19 bits per heavy atom. The molecule has 0 unspecified atom stereocenters. The van der Waals surface area contributed by atoms with Gasteiger partial charge < -0.3 is 4.57 Å². The molecule has 84 valence electrons. The second-order valence-corrected chi connectivity index (χ2v) is 4.00. The normalized spacial score (nSPS) is 11.0. The van der Waals surface area contributed by atoms with E-state index in [0.717, 1.165) is 11.1 Å². The Hall–Kier alpha value is -1.35. The third-order valence-electron chi connectivity index (χ3n) is 2.76. The van der Waals surface area contributed by atoms with Crippen LogP contribution in [0.25, 0.3) is 10.9 Å². The van der Waals surface area contributed by atoms with E-state index in [2.05, 4.69) is 0 Å². The van der Waals surface area contributed by atoms with Crippen LogP contribution in [0.3, 0.4) is 0 Å². The van der Waals surface area contributed by atoms with Gasteiger partial charge in [0.25, 0.3) is 0 Å². The van der Waals surface area contributed by atoms with Crippen molar-refractivity contribution >= 4 is 28.3 Å². The fraction of sp³-hybridized carbons (Fsp3) is 0.250. The van der Waals surface area contributed by atoms with E-state index in [1.165, 1.54) is 19.1 Å². The van der Waals surface area contributed by atoms with Gasteiger partial charge in [-0.25, -0.2) is 4.39 Å². The van der Waals surface area contributed by atoms with Crippen LogP contribution < -0.4 is 0 Å². The largest absolute Gasteiger partial charge is 0.346 e. The summed E-state index contributed by atoms with van der Waals surface area (Å²) >= 11 is 5.83. The van der Waals surface area contributed by atoms with Gasteiger partial charge in [-0.15, -0.1) is 11.6 Å². The maximum atomic E-state index is 13.1. The van der Waals surface area contributed by atoms with Crippen molar-refractivity contribution in [2.45, 2.75) is 12.8 Å². The number of aryl methyl sites for hydroxylation is 1. The highest BCUT2D eigenvalue weighted by molar-refractivity contribution is 6.19. The zero-order chi connectivity index (χ0) is 11.9. The topological polar surface area (TPSA) is 22.0 Å². The molecule has 0 bridgehead atoms. The lowest BCUT2D eigenvalue weighted by Gasteiger charge is -2.00. The Kier molecular flexibility index (Phi) is 2.72. The molecule has 4 heteroatoms. The Morgan fingerprint density at radius 1 is 1.50 bits per heavy atom. The summed E-state index contributed by atoms with van der Waals surface area (Å²) in [6.45, 7) is 1.49. The van der Waals surface area contributed by atoms with Gasteiger partial charge >= 0.3 is 0 Å². The van der Waals surface area contributed by atoms with Crippen LogP contribution in [0.4, 0.5) is 4.39 Å². The van der Waals surface area contributed by atoms with Gasteiger partial charge in [0.1, 0.15) is 5.82 Å². The third-order valence-corrected chi connectivity index (χ3v) is 3.02. The maximum Gasteiger partial charge on any atom is 0.162 e. The molecule has 1 aromatic heterocycles. The summed E-state index contributed by atoms with van der Waals surface area (Å²) in [7, 11) is 1.78. The van der Waals surface area contributed by atoms with Crippen LogP contribution in [0.15, 0.2) is 18.2 Å². The first kappa shape index (κ1) is 11.1. The van der Waals surface area contributed by atoms with Crippen molar-refractivity contribution < 1.29 is 9.18 Å². The quantitative estimate of drug-likeness (QED) is 0.582. The van der Waals surface area contributed by atoms with Crippen molar-refractivity contribution in [3.8, 4) is 0 Å². The number of nitrogens with zero attached hydrogens (tertiary/aromatic N) is 1. The van der Waals surface area contributed by atoms with E-state index >= 15 is 0 Å². The number of rotatable bonds is 2. The molecule has 0 spiro atoms. The van der Waals surface area contributed by atoms with Crippen LogP contribution in [0.5, 0.6) is 0 Å². The predicted molar refractivity (Wildman–Crippen MR) is 62.4 cm³/mol. The van der Waals surface area contributed by atoms with Crippen molar-refractivity contribution in [3.63, 3.8) is 0 Å². The molecule has 0 saturated heterocycles. The molecule has 2 aromatic rings. The molecule has 0 aliphatic carbocycles. The first-order chi connectivity index (χ1) is 7.56. The number of aromatic nitrogens is 1. The highest BCUT2D eigenvalue weighted by atomic mass is 35.5. The lowest BCUT2D eigenvalue weighted by molar-refractivity contribution is 0.101. The molecular formula is C12H11ClFNO. The molecule has 0 fully saturated rings. The number of Topliss-reactive ketones (excluding diaryl/α,β-unsaturated/α-hetero) is 1. The van der Waals surface area contributed by atoms with E-state index in [-0.39, 0.29) is 17.5 Å². The number of alkyl halides is 1. The summed E-state index contributed by atoms with van der Waals surface area (Å²) in [6, 6.07) is 4.39. The number of benzene rings is 1. The van der Waals surface area contributed by atoms with Crippen molar-refractivity contribution in [1.29, 1.82) is 0 Å². The lowest BCUT2D eigenvalue weighted by atomic mass is 10.1. The number of halogens is 2. The van der Waals surface area contributed by atoms with E-state index in [4.69, 9.17) is 11.6 Å². The summed E-state index contributed by atoms with van der Waals surface area (Å²) < 4.78 is 14.9. The van der Waals surface area contributed by atoms with Gasteiger partial charge in [0.2, 0.25) is 0 Å². The molecule has 1 aromatic carbocycles. The molecule has 0 aliphatic rings. The van der Waals surface area contributed by atoms with Crippen LogP contribution >= 0.6 is 11.6 Å². The summed E-state index contributed by atoms with van der Waals surface area (Å²) in [6.07, 6.45) is 0. The Morgan fingerprint density at radius 3 is 2.75 bits per heavy atom. The minimum absolute atomic E-state index is 0.0483. The molecule has 0 aliphatic heterocycles. The predicted octanol–water partition coefficient (Wildman–Crippen LogP) is 3.26. The third kappa shape index (κ3) is 1.52. The van der Waals surface area contributed by atoms with Crippen LogP contribution in [0.1, 0.15) is 23.0 Å².